The molecule has 4 rings (SSSR count). The van der Waals surface area contributed by atoms with Crippen LogP contribution in [0, 0.1) is 13.8 Å². The van der Waals surface area contributed by atoms with Gasteiger partial charge in [-0.15, -0.1) is 0 Å². The number of benzene rings is 3. The monoisotopic (exact) mass is 457 g/mol. The molecule has 0 radical (unpaired) electrons. The quantitative estimate of drug-likeness (QED) is 0.324. The highest BCUT2D eigenvalue weighted by molar-refractivity contribution is 6.07. The normalized spacial score (nSPS) is 13.8. The van der Waals surface area contributed by atoms with Crippen molar-refractivity contribution in [3.05, 3.63) is 94.6 Å². The Balaban J connectivity index is 1.44. The summed E-state index contributed by atoms with van der Waals surface area (Å²) >= 11 is 0. The lowest BCUT2D eigenvalue weighted by Crippen LogP contribution is -2.36. The molecule has 0 spiro atoms. The van der Waals surface area contributed by atoms with Crippen LogP contribution in [0.3, 0.4) is 0 Å². The van der Waals surface area contributed by atoms with E-state index in [4.69, 9.17) is 14.2 Å². The smallest absolute Gasteiger partial charge is 0.185 e. The van der Waals surface area contributed by atoms with Crippen molar-refractivity contribution in [1.29, 1.82) is 0 Å². The molecule has 5 heteroatoms. The van der Waals surface area contributed by atoms with Crippen molar-refractivity contribution < 1.29 is 19.0 Å². The minimum Gasteiger partial charge on any atom is -0.496 e. The van der Waals surface area contributed by atoms with E-state index in [1.807, 2.05) is 60.7 Å². The first-order valence-electron chi connectivity index (χ1n) is 11.6. The van der Waals surface area contributed by atoms with Gasteiger partial charge in [0.1, 0.15) is 18.1 Å². The highest BCUT2D eigenvalue weighted by Gasteiger charge is 2.12. The second-order valence-corrected chi connectivity index (χ2v) is 8.40. The van der Waals surface area contributed by atoms with Crippen molar-refractivity contribution in [1.82, 2.24) is 0 Å². The van der Waals surface area contributed by atoms with Crippen LogP contribution in [0.4, 0.5) is 5.69 Å². The first-order valence-corrected chi connectivity index (χ1v) is 11.6. The maximum atomic E-state index is 12.7. The second-order valence-electron chi connectivity index (χ2n) is 8.40. The summed E-state index contributed by atoms with van der Waals surface area (Å²) < 4.78 is 17.0. The average molecular weight is 458 g/mol. The van der Waals surface area contributed by atoms with Gasteiger partial charge in [-0.25, -0.2) is 0 Å². The number of nitrogens with zero attached hydrogens (tertiary/aromatic N) is 1. The summed E-state index contributed by atoms with van der Waals surface area (Å²) in [7, 11) is 1.65. The van der Waals surface area contributed by atoms with Gasteiger partial charge in [0.05, 0.1) is 20.3 Å². The lowest BCUT2D eigenvalue weighted by Gasteiger charge is -2.28. The Morgan fingerprint density at radius 3 is 2.50 bits per heavy atom. The lowest BCUT2D eigenvalue weighted by molar-refractivity contribution is 0.104. The van der Waals surface area contributed by atoms with Crippen LogP contribution in [0.1, 0.15) is 32.6 Å². The number of carbonyl (C=O) groups excluding carboxylic acids is 1. The van der Waals surface area contributed by atoms with Gasteiger partial charge in [0.25, 0.3) is 0 Å². The maximum absolute atomic E-state index is 12.7. The number of morpholine rings is 1. The molecule has 34 heavy (non-hydrogen) atoms. The van der Waals surface area contributed by atoms with Crippen LogP contribution in [0.15, 0.2) is 66.7 Å². The van der Waals surface area contributed by atoms with Gasteiger partial charge >= 0.3 is 0 Å². The fraction of sp³-hybridized carbons (Fsp3) is 0.276. The van der Waals surface area contributed by atoms with Crippen LogP contribution >= 0.6 is 0 Å². The van der Waals surface area contributed by atoms with E-state index < -0.39 is 0 Å². The van der Waals surface area contributed by atoms with Crippen LogP contribution in [-0.2, 0) is 11.3 Å². The molecule has 1 aliphatic rings. The Hall–Kier alpha value is -3.57. The summed E-state index contributed by atoms with van der Waals surface area (Å²) in [5.41, 5.74) is 5.94. The number of carbonyl (C=O) groups is 1. The number of anilines is 1. The van der Waals surface area contributed by atoms with Gasteiger partial charge in [-0.1, -0.05) is 24.3 Å². The standard InChI is InChI=1S/C29H31NO4/c1-21-5-4-6-28(22(21)2)34-20-25-19-23(8-14-29(25)32-3)7-13-27(31)24-9-11-26(12-10-24)30-15-17-33-18-16-30/h4-14,19H,15-18,20H2,1-3H3/b13-7+. The topological polar surface area (TPSA) is 48.0 Å². The molecule has 3 aromatic carbocycles. The second kappa shape index (κ2) is 11.0. The first kappa shape index (κ1) is 23.6. The third-order valence-corrected chi connectivity index (χ3v) is 6.20. The van der Waals surface area contributed by atoms with Crippen LogP contribution in [0.25, 0.3) is 6.08 Å². The number of allylic oxidation sites excluding steroid dienone is 1. The number of aryl methyl sites for hydroxylation is 1. The maximum Gasteiger partial charge on any atom is 0.185 e. The number of ether oxygens (including phenoxy) is 3. The van der Waals surface area contributed by atoms with Crippen LogP contribution in [-0.4, -0.2) is 39.2 Å². The summed E-state index contributed by atoms with van der Waals surface area (Å²) in [6.07, 6.45) is 3.44. The van der Waals surface area contributed by atoms with E-state index in [9.17, 15) is 4.79 Å². The summed E-state index contributed by atoms with van der Waals surface area (Å²) in [6, 6.07) is 19.6. The van der Waals surface area contributed by atoms with Crippen molar-refractivity contribution >= 4 is 17.5 Å². The Morgan fingerprint density at radius 2 is 1.76 bits per heavy atom. The number of hydrogen-bond donors (Lipinski definition) is 0. The third-order valence-electron chi connectivity index (χ3n) is 6.20. The predicted octanol–water partition coefficient (Wildman–Crippen LogP) is 5.62. The van der Waals surface area contributed by atoms with E-state index in [2.05, 4.69) is 24.8 Å². The van der Waals surface area contributed by atoms with Crippen LogP contribution in [0.2, 0.25) is 0 Å². The molecular weight excluding hydrogens is 426 g/mol. The molecule has 0 amide bonds. The highest BCUT2D eigenvalue weighted by atomic mass is 16.5. The first-order chi connectivity index (χ1) is 16.5. The average Bonchev–Trinajstić information content (AvgIpc) is 2.88. The van der Waals surface area contributed by atoms with Crippen LogP contribution in [0.5, 0.6) is 11.5 Å². The summed E-state index contributed by atoms with van der Waals surface area (Å²) in [5, 5.41) is 0. The minimum atomic E-state index is -0.0301. The van der Waals surface area contributed by atoms with Gasteiger partial charge in [0, 0.05) is 29.9 Å². The fourth-order valence-corrected chi connectivity index (χ4v) is 3.98. The molecule has 0 aliphatic carbocycles. The van der Waals surface area contributed by atoms with Gasteiger partial charge in [-0.2, -0.15) is 0 Å². The SMILES string of the molecule is COc1ccc(/C=C/C(=O)c2ccc(N3CCOCC3)cc2)cc1COc1cccc(C)c1C. The Morgan fingerprint density at radius 1 is 1.00 bits per heavy atom. The molecule has 0 atom stereocenters. The summed E-state index contributed by atoms with van der Waals surface area (Å²) in [6.45, 7) is 7.74. The molecular formula is C29H31NO4. The molecule has 0 unspecified atom stereocenters. The molecule has 0 saturated carbocycles. The van der Waals surface area contributed by atoms with Crippen molar-refractivity contribution in [2.75, 3.05) is 38.3 Å². The fourth-order valence-electron chi connectivity index (χ4n) is 3.98. The van der Waals surface area contributed by atoms with E-state index in [0.717, 1.165) is 60.2 Å². The highest BCUT2D eigenvalue weighted by Crippen LogP contribution is 2.26. The molecule has 176 valence electrons. The van der Waals surface area contributed by atoms with Crippen LogP contribution < -0.4 is 14.4 Å². The molecule has 1 fully saturated rings. The predicted molar refractivity (Wildman–Crippen MR) is 136 cm³/mol. The number of ketones is 1. The third kappa shape index (κ3) is 5.67. The molecule has 1 heterocycles. The molecule has 1 saturated heterocycles. The minimum absolute atomic E-state index is 0.0301. The van der Waals surface area contributed by atoms with E-state index in [-0.39, 0.29) is 5.78 Å². The van der Waals surface area contributed by atoms with Gasteiger partial charge < -0.3 is 19.1 Å². The number of methoxy groups -OCH3 is 1. The molecule has 0 bridgehead atoms. The van der Waals surface area contributed by atoms with Crippen molar-refractivity contribution in [2.45, 2.75) is 20.5 Å². The molecule has 0 aromatic heterocycles. The van der Waals surface area contributed by atoms with E-state index in [0.29, 0.717) is 12.2 Å². The summed E-state index contributed by atoms with van der Waals surface area (Å²) in [5.74, 6) is 1.59. The van der Waals surface area contributed by atoms with Crippen molar-refractivity contribution in [2.24, 2.45) is 0 Å². The largest absolute Gasteiger partial charge is 0.496 e. The van der Waals surface area contributed by atoms with Gasteiger partial charge in [0.2, 0.25) is 0 Å². The van der Waals surface area contributed by atoms with Crippen molar-refractivity contribution in [3.63, 3.8) is 0 Å². The molecule has 1 aliphatic heterocycles. The Bertz CT molecular complexity index is 1160. The lowest BCUT2D eigenvalue weighted by atomic mass is 10.1. The summed E-state index contributed by atoms with van der Waals surface area (Å²) in [4.78, 5) is 15.0. The van der Waals surface area contributed by atoms with Gasteiger partial charge in [-0.05, 0) is 79.1 Å². The number of hydrogen-bond acceptors (Lipinski definition) is 5. The molecule has 3 aromatic rings. The Kier molecular flexibility index (Phi) is 7.65. The zero-order valence-electron chi connectivity index (χ0n) is 20.0. The number of rotatable bonds is 8. The molecule has 5 nitrogen and oxygen atoms in total. The van der Waals surface area contributed by atoms with E-state index in [1.54, 1.807) is 13.2 Å². The Labute approximate surface area is 201 Å². The van der Waals surface area contributed by atoms with Gasteiger partial charge in [-0.3, -0.25) is 4.79 Å². The zero-order valence-corrected chi connectivity index (χ0v) is 20.0. The van der Waals surface area contributed by atoms with Gasteiger partial charge in [0.15, 0.2) is 5.78 Å². The van der Waals surface area contributed by atoms with E-state index in [1.165, 1.54) is 5.56 Å². The van der Waals surface area contributed by atoms with E-state index >= 15 is 0 Å². The zero-order chi connectivity index (χ0) is 23.9. The van der Waals surface area contributed by atoms with Crippen molar-refractivity contribution in [3.8, 4) is 11.5 Å². The molecule has 0 N–H and O–H groups in total.